The van der Waals surface area contributed by atoms with Crippen LogP contribution in [0.4, 0.5) is 15.8 Å². The highest BCUT2D eigenvalue weighted by Gasteiger charge is 2.13. The fourth-order valence-electron chi connectivity index (χ4n) is 2.19. The first-order valence-electron chi connectivity index (χ1n) is 7.69. The molecule has 0 bridgehead atoms. The second kappa shape index (κ2) is 7.96. The lowest BCUT2D eigenvalue weighted by Crippen LogP contribution is -2.14. The predicted octanol–water partition coefficient (Wildman–Crippen LogP) is 3.82. The Kier molecular flexibility index (Phi) is 5.46. The van der Waals surface area contributed by atoms with Crippen molar-refractivity contribution in [2.75, 3.05) is 11.1 Å². The number of carbonyl (C=O) groups is 1. The zero-order chi connectivity index (χ0) is 19.4. The topological polar surface area (TPSA) is 111 Å². The van der Waals surface area contributed by atoms with E-state index in [4.69, 9.17) is 4.42 Å². The number of carbonyl (C=O) groups excluding carboxylic acids is 1. The third-order valence-corrected chi connectivity index (χ3v) is 4.34. The van der Waals surface area contributed by atoms with Gasteiger partial charge in [0.15, 0.2) is 0 Å². The van der Waals surface area contributed by atoms with E-state index in [9.17, 15) is 19.3 Å². The minimum Gasteiger partial charge on any atom is -0.411 e. The first-order valence-corrected chi connectivity index (χ1v) is 8.68. The van der Waals surface area contributed by atoms with Gasteiger partial charge in [0.1, 0.15) is 5.82 Å². The number of anilines is 1. The van der Waals surface area contributed by atoms with E-state index in [2.05, 4.69) is 15.5 Å². The summed E-state index contributed by atoms with van der Waals surface area (Å²) in [6, 6.07) is 9.78. The van der Waals surface area contributed by atoms with Gasteiger partial charge in [0, 0.05) is 23.4 Å². The van der Waals surface area contributed by atoms with E-state index in [0.29, 0.717) is 16.8 Å². The van der Waals surface area contributed by atoms with Crippen LogP contribution in [0.2, 0.25) is 0 Å². The fraction of sp³-hybridized carbons (Fsp3) is 0.118. The van der Waals surface area contributed by atoms with Crippen molar-refractivity contribution in [3.8, 4) is 11.5 Å². The molecular weight excluding hydrogens is 375 g/mol. The molecule has 0 atom stereocenters. The summed E-state index contributed by atoms with van der Waals surface area (Å²) < 4.78 is 18.5. The van der Waals surface area contributed by atoms with Crippen LogP contribution in [0.5, 0.6) is 0 Å². The number of nitro groups is 1. The molecule has 2 aromatic carbocycles. The lowest BCUT2D eigenvalue weighted by atomic mass is 10.2. The first kappa shape index (κ1) is 18.5. The molecule has 10 heteroatoms. The smallest absolute Gasteiger partial charge is 0.277 e. The van der Waals surface area contributed by atoms with Crippen LogP contribution in [0.3, 0.4) is 0 Å². The van der Waals surface area contributed by atoms with Crippen LogP contribution in [-0.4, -0.2) is 26.8 Å². The van der Waals surface area contributed by atoms with Crippen molar-refractivity contribution in [3.05, 3.63) is 64.0 Å². The van der Waals surface area contributed by atoms with Gasteiger partial charge in [0.25, 0.3) is 10.9 Å². The van der Waals surface area contributed by atoms with Crippen molar-refractivity contribution in [1.82, 2.24) is 10.2 Å². The van der Waals surface area contributed by atoms with E-state index in [1.807, 2.05) is 0 Å². The Morgan fingerprint density at radius 1 is 1.26 bits per heavy atom. The number of thioether (sulfide) groups is 1. The SMILES string of the molecule is Cc1cc(F)ccc1NC(=O)CSc1nnc(-c2ccc([N+](=O)[O-])cc2)o1. The lowest BCUT2D eigenvalue weighted by molar-refractivity contribution is -0.384. The number of hydrogen-bond acceptors (Lipinski definition) is 7. The molecule has 0 fully saturated rings. The monoisotopic (exact) mass is 388 g/mol. The quantitative estimate of drug-likeness (QED) is 0.388. The van der Waals surface area contributed by atoms with Gasteiger partial charge in [0.2, 0.25) is 11.8 Å². The summed E-state index contributed by atoms with van der Waals surface area (Å²) in [7, 11) is 0. The number of non-ortho nitro benzene ring substituents is 1. The van der Waals surface area contributed by atoms with Crippen LogP contribution in [0.15, 0.2) is 52.1 Å². The average Bonchev–Trinajstić information content (AvgIpc) is 3.11. The maximum absolute atomic E-state index is 13.1. The van der Waals surface area contributed by atoms with Gasteiger partial charge in [0.05, 0.1) is 10.7 Å². The molecule has 138 valence electrons. The Bertz CT molecular complexity index is 991. The second-order valence-corrected chi connectivity index (χ2v) is 6.40. The highest BCUT2D eigenvalue weighted by molar-refractivity contribution is 7.99. The number of nitrogens with zero attached hydrogens (tertiary/aromatic N) is 3. The first-order chi connectivity index (χ1) is 12.9. The third-order valence-electron chi connectivity index (χ3n) is 3.52. The van der Waals surface area contributed by atoms with Crippen molar-refractivity contribution in [2.24, 2.45) is 0 Å². The van der Waals surface area contributed by atoms with E-state index >= 15 is 0 Å². The van der Waals surface area contributed by atoms with Gasteiger partial charge in [-0.3, -0.25) is 14.9 Å². The van der Waals surface area contributed by atoms with E-state index in [-0.39, 0.29) is 34.3 Å². The normalized spacial score (nSPS) is 10.6. The minimum atomic E-state index is -0.500. The Balaban J connectivity index is 1.59. The van der Waals surface area contributed by atoms with Gasteiger partial charge in [-0.15, -0.1) is 10.2 Å². The van der Waals surface area contributed by atoms with Gasteiger partial charge in [-0.05, 0) is 42.8 Å². The van der Waals surface area contributed by atoms with Crippen molar-refractivity contribution < 1.29 is 18.5 Å². The van der Waals surface area contributed by atoms with E-state index in [1.54, 1.807) is 6.92 Å². The molecule has 1 N–H and O–H groups in total. The molecule has 3 aromatic rings. The van der Waals surface area contributed by atoms with Gasteiger partial charge < -0.3 is 9.73 Å². The molecule has 27 heavy (non-hydrogen) atoms. The third kappa shape index (κ3) is 4.67. The Hall–Kier alpha value is -3.27. The molecule has 0 saturated heterocycles. The standard InChI is InChI=1S/C17H13FN4O4S/c1-10-8-12(18)4-7-14(10)19-15(23)9-27-17-21-20-16(26-17)11-2-5-13(6-3-11)22(24)25/h2-8H,9H2,1H3,(H,19,23). The number of benzene rings is 2. The van der Waals surface area contributed by atoms with E-state index < -0.39 is 4.92 Å². The van der Waals surface area contributed by atoms with Crippen molar-refractivity contribution in [3.63, 3.8) is 0 Å². The summed E-state index contributed by atoms with van der Waals surface area (Å²) in [4.78, 5) is 22.2. The second-order valence-electron chi connectivity index (χ2n) is 5.47. The highest BCUT2D eigenvalue weighted by atomic mass is 32.2. The van der Waals surface area contributed by atoms with Crippen molar-refractivity contribution in [2.45, 2.75) is 12.1 Å². The summed E-state index contributed by atoms with van der Waals surface area (Å²) in [6.07, 6.45) is 0. The van der Waals surface area contributed by atoms with Crippen molar-refractivity contribution in [1.29, 1.82) is 0 Å². The number of nitrogens with one attached hydrogen (secondary N) is 1. The molecule has 1 aromatic heterocycles. The molecule has 3 rings (SSSR count). The van der Waals surface area contributed by atoms with Crippen LogP contribution in [0, 0.1) is 22.9 Å². The molecule has 8 nitrogen and oxygen atoms in total. The molecule has 0 aliphatic carbocycles. The van der Waals surface area contributed by atoms with E-state index in [0.717, 1.165) is 11.8 Å². The van der Waals surface area contributed by atoms with Crippen molar-refractivity contribution >= 4 is 29.0 Å². The molecular formula is C17H13FN4O4S. The van der Waals surface area contributed by atoms with E-state index in [1.165, 1.54) is 42.5 Å². The number of aryl methyl sites for hydroxylation is 1. The van der Waals surface area contributed by atoms with Gasteiger partial charge in [-0.2, -0.15) is 0 Å². The molecule has 0 radical (unpaired) electrons. The molecule has 0 spiro atoms. The maximum atomic E-state index is 13.1. The predicted molar refractivity (Wildman–Crippen MR) is 96.9 cm³/mol. The van der Waals surface area contributed by atoms with Crippen LogP contribution >= 0.6 is 11.8 Å². The largest absolute Gasteiger partial charge is 0.411 e. The van der Waals surface area contributed by atoms with Gasteiger partial charge in [-0.25, -0.2) is 4.39 Å². The van der Waals surface area contributed by atoms with Crippen LogP contribution in [0.1, 0.15) is 5.56 Å². The Morgan fingerprint density at radius 3 is 2.67 bits per heavy atom. The zero-order valence-electron chi connectivity index (χ0n) is 14.0. The highest BCUT2D eigenvalue weighted by Crippen LogP contribution is 2.25. The molecule has 0 aliphatic rings. The molecule has 0 unspecified atom stereocenters. The van der Waals surface area contributed by atoms with Crippen LogP contribution in [-0.2, 0) is 4.79 Å². The molecule has 1 heterocycles. The maximum Gasteiger partial charge on any atom is 0.277 e. The molecule has 0 aliphatic heterocycles. The summed E-state index contributed by atoms with van der Waals surface area (Å²) in [5.74, 6) is -0.449. The zero-order valence-corrected chi connectivity index (χ0v) is 14.8. The minimum absolute atomic E-state index is 0.0265. The molecule has 0 saturated carbocycles. The Labute approximate surface area is 156 Å². The fourth-order valence-corrected chi connectivity index (χ4v) is 2.75. The van der Waals surface area contributed by atoms with Crippen LogP contribution in [0.25, 0.3) is 11.5 Å². The number of hydrogen-bond donors (Lipinski definition) is 1. The van der Waals surface area contributed by atoms with Gasteiger partial charge >= 0.3 is 0 Å². The number of rotatable bonds is 6. The average molecular weight is 388 g/mol. The summed E-state index contributed by atoms with van der Waals surface area (Å²) in [5, 5.41) is 21.2. The number of halogens is 1. The van der Waals surface area contributed by atoms with Gasteiger partial charge in [-0.1, -0.05) is 11.8 Å². The molecule has 1 amide bonds. The number of nitro benzene ring substituents is 1. The Morgan fingerprint density at radius 2 is 2.00 bits per heavy atom. The summed E-state index contributed by atoms with van der Waals surface area (Å²) in [6.45, 7) is 1.69. The summed E-state index contributed by atoms with van der Waals surface area (Å²) in [5.41, 5.74) is 1.64. The lowest BCUT2D eigenvalue weighted by Gasteiger charge is -2.07. The number of aromatic nitrogens is 2. The summed E-state index contributed by atoms with van der Waals surface area (Å²) >= 11 is 1.05. The van der Waals surface area contributed by atoms with Crippen LogP contribution < -0.4 is 5.32 Å². The number of amides is 1.